The zero-order chi connectivity index (χ0) is 11.4. The third-order valence-corrected chi connectivity index (χ3v) is 4.57. The molecule has 0 aromatic carbocycles. The van der Waals surface area contributed by atoms with Crippen LogP contribution in [0.5, 0.6) is 0 Å². The summed E-state index contributed by atoms with van der Waals surface area (Å²) in [6, 6.07) is 0. The lowest BCUT2D eigenvalue weighted by atomic mass is 9.82. The van der Waals surface area contributed by atoms with Crippen molar-refractivity contribution in [2.45, 2.75) is 76.4 Å². The number of nitrogens with two attached hydrogens (primary N) is 1. The van der Waals surface area contributed by atoms with E-state index in [9.17, 15) is 0 Å². The molecular weight excluding hydrogens is 198 g/mol. The molecule has 0 heterocycles. The fraction of sp³-hybridized carbons (Fsp3) is 1.00. The predicted molar refractivity (Wildman–Crippen MR) is 67.4 cm³/mol. The van der Waals surface area contributed by atoms with Gasteiger partial charge in [-0.25, -0.2) is 0 Å². The second kappa shape index (κ2) is 5.50. The number of ether oxygens (including phenoxy) is 1. The van der Waals surface area contributed by atoms with Gasteiger partial charge in [0.25, 0.3) is 0 Å². The molecule has 0 aromatic heterocycles. The summed E-state index contributed by atoms with van der Waals surface area (Å²) in [5.41, 5.74) is 6.01. The molecule has 2 atom stereocenters. The summed E-state index contributed by atoms with van der Waals surface area (Å²) < 4.78 is 6.46. The molecule has 0 spiro atoms. The molecule has 2 heteroatoms. The summed E-state index contributed by atoms with van der Waals surface area (Å²) in [5, 5.41) is 0. The average Bonchev–Trinajstić information content (AvgIpc) is 2.33. The molecule has 16 heavy (non-hydrogen) atoms. The highest BCUT2D eigenvalue weighted by atomic mass is 16.5. The highest BCUT2D eigenvalue weighted by Gasteiger charge is 2.36. The Morgan fingerprint density at radius 1 is 1.06 bits per heavy atom. The van der Waals surface area contributed by atoms with Gasteiger partial charge in [-0.2, -0.15) is 0 Å². The van der Waals surface area contributed by atoms with E-state index in [4.69, 9.17) is 10.5 Å². The lowest BCUT2D eigenvalue weighted by molar-refractivity contribution is -0.134. The van der Waals surface area contributed by atoms with Gasteiger partial charge in [0.1, 0.15) is 0 Å². The van der Waals surface area contributed by atoms with Crippen LogP contribution in [-0.4, -0.2) is 18.2 Å². The topological polar surface area (TPSA) is 35.2 Å². The van der Waals surface area contributed by atoms with E-state index in [0.717, 1.165) is 12.5 Å². The molecule has 0 saturated heterocycles. The van der Waals surface area contributed by atoms with Gasteiger partial charge in [0.2, 0.25) is 0 Å². The first-order valence-corrected chi connectivity index (χ1v) is 7.14. The summed E-state index contributed by atoms with van der Waals surface area (Å²) in [6.45, 7) is 3.06. The highest BCUT2D eigenvalue weighted by molar-refractivity contribution is 4.88. The lowest BCUT2D eigenvalue weighted by Gasteiger charge is -2.42. The molecule has 2 rings (SSSR count). The third-order valence-electron chi connectivity index (χ3n) is 4.57. The Kier molecular flexibility index (Phi) is 4.26. The van der Waals surface area contributed by atoms with Crippen molar-refractivity contribution in [1.29, 1.82) is 0 Å². The van der Waals surface area contributed by atoms with Crippen molar-refractivity contribution in [3.8, 4) is 0 Å². The fourth-order valence-electron chi connectivity index (χ4n) is 3.34. The first-order chi connectivity index (χ1) is 7.76. The molecule has 2 nitrogen and oxygen atoms in total. The van der Waals surface area contributed by atoms with Crippen molar-refractivity contribution in [2.75, 3.05) is 6.54 Å². The molecule has 2 fully saturated rings. The highest BCUT2D eigenvalue weighted by Crippen LogP contribution is 2.36. The number of hydrogen-bond donors (Lipinski definition) is 1. The molecule has 2 aliphatic rings. The van der Waals surface area contributed by atoms with Gasteiger partial charge in [-0.15, -0.1) is 0 Å². The number of rotatable bonds is 3. The van der Waals surface area contributed by atoms with Crippen LogP contribution in [-0.2, 0) is 4.74 Å². The van der Waals surface area contributed by atoms with Crippen molar-refractivity contribution >= 4 is 0 Å². The molecule has 0 amide bonds. The molecule has 0 aromatic rings. The second-order valence-electron chi connectivity index (χ2n) is 5.87. The van der Waals surface area contributed by atoms with Gasteiger partial charge in [-0.05, 0) is 31.6 Å². The van der Waals surface area contributed by atoms with Crippen LogP contribution < -0.4 is 5.73 Å². The maximum Gasteiger partial charge on any atom is 0.0808 e. The minimum absolute atomic E-state index is 0.0362. The first-order valence-electron chi connectivity index (χ1n) is 7.14. The smallest absolute Gasteiger partial charge is 0.0808 e. The van der Waals surface area contributed by atoms with Crippen molar-refractivity contribution in [2.24, 2.45) is 11.7 Å². The van der Waals surface area contributed by atoms with Crippen LogP contribution in [0.15, 0.2) is 0 Å². The molecule has 0 radical (unpaired) electrons. The Labute approximate surface area is 99.9 Å². The number of hydrogen-bond acceptors (Lipinski definition) is 2. The normalized spacial score (nSPS) is 34.9. The first kappa shape index (κ1) is 12.4. The Balaban J connectivity index is 1.93. The van der Waals surface area contributed by atoms with E-state index in [1.54, 1.807) is 0 Å². The van der Waals surface area contributed by atoms with Gasteiger partial charge in [-0.1, -0.05) is 39.0 Å². The summed E-state index contributed by atoms with van der Waals surface area (Å²) in [4.78, 5) is 0. The van der Waals surface area contributed by atoms with Gasteiger partial charge >= 0.3 is 0 Å². The zero-order valence-electron chi connectivity index (χ0n) is 10.7. The van der Waals surface area contributed by atoms with Crippen molar-refractivity contribution < 1.29 is 4.74 Å². The average molecular weight is 225 g/mol. The van der Waals surface area contributed by atoms with Gasteiger partial charge in [-0.3, -0.25) is 0 Å². The second-order valence-corrected chi connectivity index (χ2v) is 5.87. The Morgan fingerprint density at radius 2 is 1.75 bits per heavy atom. The van der Waals surface area contributed by atoms with Crippen molar-refractivity contribution in [3.05, 3.63) is 0 Å². The van der Waals surface area contributed by atoms with E-state index in [-0.39, 0.29) is 5.60 Å². The van der Waals surface area contributed by atoms with Crippen LogP contribution in [0, 0.1) is 5.92 Å². The van der Waals surface area contributed by atoms with Gasteiger partial charge in [0.05, 0.1) is 11.7 Å². The molecule has 0 aliphatic heterocycles. The van der Waals surface area contributed by atoms with Crippen LogP contribution in [0.3, 0.4) is 0 Å². The SMILES string of the molecule is CC1CCCCC1OC1(CN)CCCCC1. The minimum Gasteiger partial charge on any atom is -0.370 e. The predicted octanol–water partition coefficient (Wildman–Crippen LogP) is 3.24. The van der Waals surface area contributed by atoms with Gasteiger partial charge < -0.3 is 10.5 Å². The summed E-state index contributed by atoms with van der Waals surface area (Å²) in [6.07, 6.45) is 12.2. The molecule has 94 valence electrons. The summed E-state index contributed by atoms with van der Waals surface area (Å²) in [7, 11) is 0. The maximum absolute atomic E-state index is 6.46. The van der Waals surface area contributed by atoms with Crippen LogP contribution >= 0.6 is 0 Å². The van der Waals surface area contributed by atoms with Gasteiger partial charge in [0, 0.05) is 6.54 Å². The van der Waals surface area contributed by atoms with E-state index in [1.165, 1.54) is 57.8 Å². The third kappa shape index (κ3) is 2.78. The molecular formula is C14H27NO. The van der Waals surface area contributed by atoms with E-state index in [0.29, 0.717) is 6.10 Å². The Bertz CT molecular complexity index is 211. The van der Waals surface area contributed by atoms with Crippen molar-refractivity contribution in [3.63, 3.8) is 0 Å². The standard InChI is InChI=1S/C14H27NO/c1-12-7-3-4-8-13(12)16-14(11-15)9-5-2-6-10-14/h12-13H,2-11,15H2,1H3. The Hall–Kier alpha value is -0.0800. The maximum atomic E-state index is 6.46. The van der Waals surface area contributed by atoms with Crippen LogP contribution in [0.25, 0.3) is 0 Å². The molecule has 2 N–H and O–H groups in total. The van der Waals surface area contributed by atoms with E-state index >= 15 is 0 Å². The summed E-state index contributed by atoms with van der Waals surface area (Å²) in [5.74, 6) is 0.735. The Morgan fingerprint density at radius 3 is 2.38 bits per heavy atom. The van der Waals surface area contributed by atoms with Crippen LogP contribution in [0.2, 0.25) is 0 Å². The zero-order valence-corrected chi connectivity index (χ0v) is 10.7. The molecule has 2 saturated carbocycles. The molecule has 2 unspecified atom stereocenters. The quantitative estimate of drug-likeness (QED) is 0.800. The monoisotopic (exact) mass is 225 g/mol. The van der Waals surface area contributed by atoms with Crippen LogP contribution in [0.4, 0.5) is 0 Å². The van der Waals surface area contributed by atoms with Gasteiger partial charge in [0.15, 0.2) is 0 Å². The van der Waals surface area contributed by atoms with Crippen molar-refractivity contribution in [1.82, 2.24) is 0 Å². The lowest BCUT2D eigenvalue weighted by Crippen LogP contribution is -2.47. The fourth-order valence-corrected chi connectivity index (χ4v) is 3.34. The molecule has 0 bridgehead atoms. The minimum atomic E-state index is 0.0362. The largest absolute Gasteiger partial charge is 0.370 e. The molecule has 2 aliphatic carbocycles. The summed E-state index contributed by atoms with van der Waals surface area (Å²) >= 11 is 0. The van der Waals surface area contributed by atoms with E-state index in [2.05, 4.69) is 6.92 Å². The van der Waals surface area contributed by atoms with E-state index in [1.807, 2.05) is 0 Å². The van der Waals surface area contributed by atoms with Crippen LogP contribution in [0.1, 0.15) is 64.7 Å². The van der Waals surface area contributed by atoms with E-state index < -0.39 is 0 Å².